The Bertz CT molecular complexity index is 164. The highest BCUT2D eigenvalue weighted by Gasteiger charge is 1.80. The van der Waals surface area contributed by atoms with Crippen molar-refractivity contribution in [3.8, 4) is 0 Å². The highest BCUT2D eigenvalue weighted by molar-refractivity contribution is 5.38. The molecule has 0 heterocycles. The lowest BCUT2D eigenvalue weighted by molar-refractivity contribution is 0.206. The molecule has 4 N–H and O–H groups in total. The average Bonchev–Trinajstić information content (AvgIpc) is 2.15. The quantitative estimate of drug-likeness (QED) is 0.479. The van der Waals surface area contributed by atoms with E-state index in [9.17, 15) is 0 Å². The Labute approximate surface area is 80.7 Å². The van der Waals surface area contributed by atoms with Gasteiger partial charge in [0.1, 0.15) is 0 Å². The summed E-state index contributed by atoms with van der Waals surface area (Å²) >= 11 is 0. The largest absolute Gasteiger partial charge is 0.399 e. The SMILES string of the molecule is CC.CON.Cc1ccc(N)cc1. The second-order valence-electron chi connectivity index (χ2n) is 2.15. The van der Waals surface area contributed by atoms with E-state index >= 15 is 0 Å². The van der Waals surface area contributed by atoms with Gasteiger partial charge in [0, 0.05) is 5.69 Å². The number of hydrogen-bond donors (Lipinski definition) is 2. The Morgan fingerprint density at radius 3 is 1.62 bits per heavy atom. The number of rotatable bonds is 0. The summed E-state index contributed by atoms with van der Waals surface area (Å²) < 4.78 is 0. The second-order valence-corrected chi connectivity index (χ2v) is 2.15. The van der Waals surface area contributed by atoms with Crippen LogP contribution in [-0.4, -0.2) is 7.11 Å². The molecule has 0 fully saturated rings. The first-order valence-electron chi connectivity index (χ1n) is 4.25. The van der Waals surface area contributed by atoms with E-state index in [1.54, 1.807) is 0 Å². The first kappa shape index (κ1) is 14.5. The summed E-state index contributed by atoms with van der Waals surface area (Å²) in [7, 11) is 1.40. The first-order valence-corrected chi connectivity index (χ1v) is 4.25. The predicted octanol–water partition coefficient (Wildman–Crippen LogP) is 2.11. The average molecular weight is 184 g/mol. The molecule has 0 aliphatic rings. The Balaban J connectivity index is 0. The van der Waals surface area contributed by atoms with Gasteiger partial charge in [-0.25, -0.2) is 5.90 Å². The fraction of sp³-hybridized carbons (Fsp3) is 0.400. The van der Waals surface area contributed by atoms with E-state index in [2.05, 4.69) is 10.7 Å². The van der Waals surface area contributed by atoms with Crippen LogP contribution in [0.1, 0.15) is 19.4 Å². The summed E-state index contributed by atoms with van der Waals surface area (Å²) in [5, 5.41) is 0. The van der Waals surface area contributed by atoms with Crippen LogP contribution in [0.3, 0.4) is 0 Å². The Hall–Kier alpha value is -1.06. The van der Waals surface area contributed by atoms with Crippen molar-refractivity contribution in [3.05, 3.63) is 29.8 Å². The number of nitrogen functional groups attached to an aromatic ring is 1. The summed E-state index contributed by atoms with van der Waals surface area (Å²) in [4.78, 5) is 3.75. The fourth-order valence-electron chi connectivity index (χ4n) is 0.566. The fourth-order valence-corrected chi connectivity index (χ4v) is 0.566. The Kier molecular flexibility index (Phi) is 12.2. The van der Waals surface area contributed by atoms with Crippen molar-refractivity contribution < 1.29 is 4.84 Å². The van der Waals surface area contributed by atoms with Gasteiger partial charge in [-0.1, -0.05) is 31.5 Å². The van der Waals surface area contributed by atoms with Gasteiger partial charge >= 0.3 is 0 Å². The third-order valence-electron chi connectivity index (χ3n) is 1.08. The van der Waals surface area contributed by atoms with Crippen LogP contribution in [0.2, 0.25) is 0 Å². The molecule has 76 valence electrons. The molecule has 0 spiro atoms. The molecule has 1 rings (SSSR count). The molecule has 0 saturated heterocycles. The van der Waals surface area contributed by atoms with Gasteiger partial charge in [0.05, 0.1) is 7.11 Å². The van der Waals surface area contributed by atoms with Crippen molar-refractivity contribution in [1.82, 2.24) is 0 Å². The molecule has 0 atom stereocenters. The van der Waals surface area contributed by atoms with Gasteiger partial charge in [-0.2, -0.15) is 0 Å². The minimum absolute atomic E-state index is 0.829. The lowest BCUT2D eigenvalue weighted by atomic mass is 10.2. The molecule has 0 bridgehead atoms. The van der Waals surface area contributed by atoms with Gasteiger partial charge < -0.3 is 10.6 Å². The van der Waals surface area contributed by atoms with Crippen LogP contribution < -0.4 is 11.6 Å². The van der Waals surface area contributed by atoms with Crippen LogP contribution in [0.15, 0.2) is 24.3 Å². The highest BCUT2D eigenvalue weighted by Crippen LogP contribution is 2.02. The number of nitrogens with two attached hydrogens (primary N) is 2. The van der Waals surface area contributed by atoms with Gasteiger partial charge in [-0.3, -0.25) is 0 Å². The maximum absolute atomic E-state index is 5.43. The van der Waals surface area contributed by atoms with Crippen LogP contribution in [0.5, 0.6) is 0 Å². The van der Waals surface area contributed by atoms with E-state index < -0.39 is 0 Å². The molecule has 1 aromatic rings. The van der Waals surface area contributed by atoms with Crippen LogP contribution in [0, 0.1) is 6.92 Å². The minimum Gasteiger partial charge on any atom is -0.399 e. The van der Waals surface area contributed by atoms with E-state index in [1.807, 2.05) is 45.0 Å². The van der Waals surface area contributed by atoms with Gasteiger partial charge in [0.25, 0.3) is 0 Å². The molecule has 3 nitrogen and oxygen atoms in total. The summed E-state index contributed by atoms with van der Waals surface area (Å²) in [6, 6.07) is 7.79. The zero-order chi connectivity index (χ0) is 10.7. The summed E-state index contributed by atoms with van der Waals surface area (Å²) in [5.41, 5.74) is 7.51. The molecular formula is C10H20N2O. The standard InChI is InChI=1S/C7H9N.C2H6.CH5NO/c1-6-2-4-7(8)5-3-6;1-2;1-3-2/h2-5H,8H2,1H3;1-2H3;2H2,1H3. The molecule has 0 aliphatic carbocycles. The molecule has 0 saturated carbocycles. The van der Waals surface area contributed by atoms with E-state index in [-0.39, 0.29) is 0 Å². The number of benzene rings is 1. The lowest BCUT2D eigenvalue weighted by Gasteiger charge is -1.90. The highest BCUT2D eigenvalue weighted by atomic mass is 16.6. The molecule has 0 radical (unpaired) electrons. The van der Waals surface area contributed by atoms with Gasteiger partial charge in [0.2, 0.25) is 0 Å². The van der Waals surface area contributed by atoms with Crippen LogP contribution in [0.25, 0.3) is 0 Å². The third-order valence-corrected chi connectivity index (χ3v) is 1.08. The summed E-state index contributed by atoms with van der Waals surface area (Å²) in [6.45, 7) is 6.04. The van der Waals surface area contributed by atoms with Gasteiger partial charge in [-0.05, 0) is 19.1 Å². The smallest absolute Gasteiger partial charge is 0.0569 e. The zero-order valence-electron chi connectivity index (χ0n) is 8.87. The number of anilines is 1. The van der Waals surface area contributed by atoms with Crippen molar-refractivity contribution in [3.63, 3.8) is 0 Å². The lowest BCUT2D eigenvalue weighted by Crippen LogP contribution is -1.86. The van der Waals surface area contributed by atoms with Crippen molar-refractivity contribution in [2.45, 2.75) is 20.8 Å². The number of hydrogen-bond acceptors (Lipinski definition) is 3. The topological polar surface area (TPSA) is 61.3 Å². The van der Waals surface area contributed by atoms with Crippen LogP contribution >= 0.6 is 0 Å². The van der Waals surface area contributed by atoms with Crippen molar-refractivity contribution in [2.75, 3.05) is 12.8 Å². The van der Waals surface area contributed by atoms with Crippen LogP contribution in [0.4, 0.5) is 5.69 Å². The van der Waals surface area contributed by atoms with E-state index in [4.69, 9.17) is 5.73 Å². The van der Waals surface area contributed by atoms with E-state index in [0.29, 0.717) is 0 Å². The second kappa shape index (κ2) is 10.9. The predicted molar refractivity (Wildman–Crippen MR) is 58.1 cm³/mol. The normalized spacial score (nSPS) is 7.46. The molecule has 0 aromatic heterocycles. The molecule has 0 aliphatic heterocycles. The van der Waals surface area contributed by atoms with Crippen LogP contribution in [-0.2, 0) is 4.84 Å². The minimum atomic E-state index is 0.829. The maximum Gasteiger partial charge on any atom is 0.0569 e. The zero-order valence-corrected chi connectivity index (χ0v) is 8.87. The van der Waals surface area contributed by atoms with Crippen molar-refractivity contribution in [1.29, 1.82) is 0 Å². The van der Waals surface area contributed by atoms with Gasteiger partial charge in [-0.15, -0.1) is 0 Å². The first-order chi connectivity index (χ1) is 6.20. The molecule has 1 aromatic carbocycles. The summed E-state index contributed by atoms with van der Waals surface area (Å²) in [5.74, 6) is 4.35. The molecule has 0 amide bonds. The molecule has 3 heteroatoms. The van der Waals surface area contributed by atoms with E-state index in [0.717, 1.165) is 5.69 Å². The Morgan fingerprint density at radius 2 is 1.38 bits per heavy atom. The molecular weight excluding hydrogens is 164 g/mol. The maximum atomic E-state index is 5.43. The Morgan fingerprint density at radius 1 is 1.08 bits per heavy atom. The monoisotopic (exact) mass is 184 g/mol. The summed E-state index contributed by atoms with van der Waals surface area (Å²) in [6.07, 6.45) is 0. The van der Waals surface area contributed by atoms with Crippen molar-refractivity contribution >= 4 is 5.69 Å². The van der Waals surface area contributed by atoms with Gasteiger partial charge in [0.15, 0.2) is 0 Å². The van der Waals surface area contributed by atoms with Crippen molar-refractivity contribution in [2.24, 2.45) is 5.90 Å². The molecule has 13 heavy (non-hydrogen) atoms. The number of aryl methyl sites for hydroxylation is 1. The van der Waals surface area contributed by atoms with E-state index in [1.165, 1.54) is 12.7 Å². The molecule has 0 unspecified atom stereocenters. The third kappa shape index (κ3) is 10.9.